The van der Waals surface area contributed by atoms with Crippen LogP contribution in [-0.4, -0.2) is 6.04 Å². The van der Waals surface area contributed by atoms with E-state index >= 15 is 0 Å². The highest BCUT2D eigenvalue weighted by molar-refractivity contribution is 5.34. The fourth-order valence-electron chi connectivity index (χ4n) is 1.58. The summed E-state index contributed by atoms with van der Waals surface area (Å²) < 4.78 is 0. The van der Waals surface area contributed by atoms with Crippen molar-refractivity contribution in [2.75, 3.05) is 0 Å². The molecule has 0 aliphatic heterocycles. The van der Waals surface area contributed by atoms with E-state index in [1.165, 1.54) is 17.5 Å². The highest BCUT2D eigenvalue weighted by Crippen LogP contribution is 2.40. The Labute approximate surface area is 67.2 Å². The molecule has 0 saturated heterocycles. The first-order chi connectivity index (χ1) is 5.29. The van der Waals surface area contributed by atoms with Crippen molar-refractivity contribution in [3.63, 3.8) is 0 Å². The molecule has 0 spiro atoms. The van der Waals surface area contributed by atoms with Gasteiger partial charge in [-0.05, 0) is 24.5 Å². The van der Waals surface area contributed by atoms with Crippen LogP contribution in [0.15, 0.2) is 24.3 Å². The van der Waals surface area contributed by atoms with Crippen LogP contribution in [0.1, 0.15) is 23.5 Å². The van der Waals surface area contributed by atoms with E-state index in [0.717, 1.165) is 0 Å². The Morgan fingerprint density at radius 3 is 2.55 bits per heavy atom. The van der Waals surface area contributed by atoms with Gasteiger partial charge < -0.3 is 5.73 Å². The fourth-order valence-corrected chi connectivity index (χ4v) is 1.58. The minimum absolute atomic E-state index is 0.427. The van der Waals surface area contributed by atoms with Gasteiger partial charge in [0.25, 0.3) is 0 Å². The molecule has 0 amide bonds. The van der Waals surface area contributed by atoms with Crippen molar-refractivity contribution in [2.24, 2.45) is 5.73 Å². The molecule has 1 aliphatic carbocycles. The number of hydrogen-bond acceptors (Lipinski definition) is 1. The number of nitrogens with two attached hydrogens (primary N) is 1. The second-order valence-electron chi connectivity index (χ2n) is 3.36. The molecule has 1 heteroatoms. The predicted molar refractivity (Wildman–Crippen MR) is 46.5 cm³/mol. The summed E-state index contributed by atoms with van der Waals surface area (Å²) in [6.07, 6.45) is 1.17. The van der Waals surface area contributed by atoms with Crippen LogP contribution in [0.25, 0.3) is 0 Å². The molecule has 1 saturated carbocycles. The summed E-state index contributed by atoms with van der Waals surface area (Å²) in [7, 11) is 0. The average Bonchev–Trinajstić information content (AvgIpc) is 2.68. The molecule has 2 rings (SSSR count). The third kappa shape index (κ3) is 1.16. The van der Waals surface area contributed by atoms with E-state index in [4.69, 9.17) is 5.73 Å². The first-order valence-corrected chi connectivity index (χ1v) is 4.10. The molecule has 2 N–H and O–H groups in total. The van der Waals surface area contributed by atoms with Crippen LogP contribution >= 0.6 is 0 Å². The molecule has 1 aromatic carbocycles. The van der Waals surface area contributed by atoms with Crippen molar-refractivity contribution in [2.45, 2.75) is 25.3 Å². The third-order valence-corrected chi connectivity index (χ3v) is 2.43. The Kier molecular flexibility index (Phi) is 1.46. The van der Waals surface area contributed by atoms with E-state index in [9.17, 15) is 0 Å². The van der Waals surface area contributed by atoms with Crippen LogP contribution in [0.4, 0.5) is 0 Å². The van der Waals surface area contributed by atoms with Crippen LogP contribution in [0.5, 0.6) is 0 Å². The van der Waals surface area contributed by atoms with Crippen molar-refractivity contribution >= 4 is 0 Å². The number of rotatable bonds is 1. The molecule has 0 bridgehead atoms. The Balaban J connectivity index is 2.31. The van der Waals surface area contributed by atoms with Crippen LogP contribution in [0.3, 0.4) is 0 Å². The summed E-state index contributed by atoms with van der Waals surface area (Å²) in [5.41, 5.74) is 8.59. The minimum atomic E-state index is 0.427. The first kappa shape index (κ1) is 6.86. The summed E-state index contributed by atoms with van der Waals surface area (Å²) in [5, 5.41) is 0. The predicted octanol–water partition coefficient (Wildman–Crippen LogP) is 1.81. The molecule has 11 heavy (non-hydrogen) atoms. The van der Waals surface area contributed by atoms with Crippen LogP contribution in [-0.2, 0) is 0 Å². The molecule has 0 heterocycles. The van der Waals surface area contributed by atoms with Crippen LogP contribution in [0.2, 0.25) is 0 Å². The monoisotopic (exact) mass is 147 g/mol. The van der Waals surface area contributed by atoms with Gasteiger partial charge in [0.2, 0.25) is 0 Å². The summed E-state index contributed by atoms with van der Waals surface area (Å²) >= 11 is 0. The molecule has 1 fully saturated rings. The highest BCUT2D eigenvalue weighted by Gasteiger charge is 2.35. The lowest BCUT2D eigenvalue weighted by molar-refractivity contribution is 0.980. The molecule has 0 aromatic heterocycles. The maximum Gasteiger partial charge on any atom is 0.0115 e. The third-order valence-electron chi connectivity index (χ3n) is 2.43. The van der Waals surface area contributed by atoms with Gasteiger partial charge >= 0.3 is 0 Å². The Hall–Kier alpha value is -0.820. The highest BCUT2D eigenvalue weighted by atomic mass is 14.7. The van der Waals surface area contributed by atoms with E-state index < -0.39 is 0 Å². The topological polar surface area (TPSA) is 26.0 Å². The zero-order chi connectivity index (χ0) is 7.84. The molecule has 0 unspecified atom stereocenters. The fraction of sp³-hybridized carbons (Fsp3) is 0.400. The largest absolute Gasteiger partial charge is 0.327 e. The van der Waals surface area contributed by atoms with E-state index in [2.05, 4.69) is 31.2 Å². The van der Waals surface area contributed by atoms with Crippen molar-refractivity contribution in [3.8, 4) is 0 Å². The SMILES string of the molecule is Cc1ccccc1[C@H]1C[C@H]1N. The lowest BCUT2D eigenvalue weighted by Gasteiger charge is -2.01. The Morgan fingerprint density at radius 1 is 1.36 bits per heavy atom. The summed E-state index contributed by atoms with van der Waals surface area (Å²) in [6.45, 7) is 2.15. The maximum atomic E-state index is 5.77. The van der Waals surface area contributed by atoms with Gasteiger partial charge in [-0.25, -0.2) is 0 Å². The number of benzene rings is 1. The molecule has 1 nitrogen and oxygen atoms in total. The van der Waals surface area contributed by atoms with Crippen LogP contribution in [0, 0.1) is 6.92 Å². The quantitative estimate of drug-likeness (QED) is 0.644. The summed E-state index contributed by atoms with van der Waals surface area (Å²) in [5.74, 6) is 0.649. The molecule has 1 aliphatic rings. The first-order valence-electron chi connectivity index (χ1n) is 4.10. The van der Waals surface area contributed by atoms with Gasteiger partial charge in [-0.15, -0.1) is 0 Å². The lowest BCUT2D eigenvalue weighted by Crippen LogP contribution is -2.01. The van der Waals surface area contributed by atoms with E-state index in [0.29, 0.717) is 12.0 Å². The van der Waals surface area contributed by atoms with Gasteiger partial charge in [0, 0.05) is 12.0 Å². The summed E-state index contributed by atoms with van der Waals surface area (Å²) in [4.78, 5) is 0. The zero-order valence-electron chi connectivity index (χ0n) is 6.75. The number of hydrogen-bond donors (Lipinski definition) is 1. The van der Waals surface area contributed by atoms with Crippen molar-refractivity contribution in [1.82, 2.24) is 0 Å². The van der Waals surface area contributed by atoms with Crippen molar-refractivity contribution < 1.29 is 0 Å². The number of aryl methyl sites for hydroxylation is 1. The zero-order valence-corrected chi connectivity index (χ0v) is 6.75. The van der Waals surface area contributed by atoms with Gasteiger partial charge in [-0.2, -0.15) is 0 Å². The van der Waals surface area contributed by atoms with Crippen LogP contribution < -0.4 is 5.73 Å². The van der Waals surface area contributed by atoms with E-state index in [-0.39, 0.29) is 0 Å². The van der Waals surface area contributed by atoms with E-state index in [1.54, 1.807) is 0 Å². The lowest BCUT2D eigenvalue weighted by atomic mass is 10.0. The molecule has 2 atom stereocenters. The molecular weight excluding hydrogens is 134 g/mol. The van der Waals surface area contributed by atoms with Gasteiger partial charge in [-0.1, -0.05) is 24.3 Å². The second kappa shape index (κ2) is 2.35. The average molecular weight is 147 g/mol. The minimum Gasteiger partial charge on any atom is -0.327 e. The molecule has 1 aromatic rings. The van der Waals surface area contributed by atoms with Gasteiger partial charge in [0.05, 0.1) is 0 Å². The second-order valence-corrected chi connectivity index (χ2v) is 3.36. The van der Waals surface area contributed by atoms with E-state index in [1.807, 2.05) is 0 Å². The normalized spacial score (nSPS) is 28.5. The summed E-state index contributed by atoms with van der Waals surface area (Å²) in [6, 6.07) is 8.93. The molecule has 58 valence electrons. The van der Waals surface area contributed by atoms with Crippen molar-refractivity contribution in [3.05, 3.63) is 35.4 Å². The Bertz CT molecular complexity index is 267. The molecule has 0 radical (unpaired) electrons. The maximum absolute atomic E-state index is 5.77. The standard InChI is InChI=1S/C10H13N/c1-7-4-2-3-5-8(7)9-6-10(9)11/h2-5,9-10H,6,11H2,1H3/t9-,10-/m1/s1. The van der Waals surface area contributed by atoms with Gasteiger partial charge in [0.1, 0.15) is 0 Å². The van der Waals surface area contributed by atoms with Crippen molar-refractivity contribution in [1.29, 1.82) is 0 Å². The molecular formula is C10H13N. The Morgan fingerprint density at radius 2 is 2.00 bits per heavy atom. The van der Waals surface area contributed by atoms with Gasteiger partial charge in [0.15, 0.2) is 0 Å². The smallest absolute Gasteiger partial charge is 0.0115 e. The van der Waals surface area contributed by atoms with Gasteiger partial charge in [-0.3, -0.25) is 0 Å².